The summed E-state index contributed by atoms with van der Waals surface area (Å²) in [6.07, 6.45) is 13.7. The van der Waals surface area contributed by atoms with Crippen LogP contribution in [0.5, 0.6) is 0 Å². The van der Waals surface area contributed by atoms with Gasteiger partial charge < -0.3 is 4.90 Å². The third-order valence-corrected chi connectivity index (χ3v) is 3.64. The Morgan fingerprint density at radius 3 is 2.94 bits per heavy atom. The first kappa shape index (κ1) is 12.2. The van der Waals surface area contributed by atoms with Gasteiger partial charge in [0, 0.05) is 18.8 Å². The van der Waals surface area contributed by atoms with E-state index in [1.807, 2.05) is 0 Å². The van der Waals surface area contributed by atoms with E-state index in [4.69, 9.17) is 0 Å². The maximum atomic E-state index is 4.28. The van der Waals surface area contributed by atoms with Crippen LogP contribution in [0.1, 0.15) is 26.7 Å². The van der Waals surface area contributed by atoms with Crippen LogP contribution < -0.4 is 0 Å². The standard InChI is InChI=1S/C16H23N/c1-13-6-4-8-16(10-9-13)15(3)17-11-5-7-14(2)12-17/h4,6,8-10,13-14H,3,5,7,11-12H2,1-2H3/t13?,14-/m1/s1. The molecule has 0 aromatic heterocycles. The van der Waals surface area contributed by atoms with E-state index in [-0.39, 0.29) is 0 Å². The molecule has 0 aromatic carbocycles. The highest BCUT2D eigenvalue weighted by atomic mass is 15.1. The molecule has 0 spiro atoms. The van der Waals surface area contributed by atoms with E-state index in [0.717, 1.165) is 19.0 Å². The lowest BCUT2D eigenvalue weighted by Crippen LogP contribution is -2.33. The number of hydrogen-bond acceptors (Lipinski definition) is 1. The molecule has 1 heteroatoms. The summed E-state index contributed by atoms with van der Waals surface area (Å²) < 4.78 is 0. The molecular weight excluding hydrogens is 206 g/mol. The van der Waals surface area contributed by atoms with Crippen molar-refractivity contribution in [3.8, 4) is 0 Å². The van der Waals surface area contributed by atoms with Crippen molar-refractivity contribution in [3.63, 3.8) is 0 Å². The molecule has 0 N–H and O–H groups in total. The summed E-state index contributed by atoms with van der Waals surface area (Å²) in [6.45, 7) is 11.1. The molecule has 1 unspecified atom stereocenters. The van der Waals surface area contributed by atoms with Crippen molar-refractivity contribution in [2.24, 2.45) is 11.8 Å². The van der Waals surface area contributed by atoms with E-state index < -0.39 is 0 Å². The number of piperidine rings is 1. The maximum absolute atomic E-state index is 4.28. The minimum Gasteiger partial charge on any atom is -0.371 e. The molecule has 1 aliphatic carbocycles. The van der Waals surface area contributed by atoms with Crippen LogP contribution in [0.2, 0.25) is 0 Å². The van der Waals surface area contributed by atoms with Gasteiger partial charge in [0.05, 0.1) is 0 Å². The molecular formula is C16H23N. The molecule has 1 nitrogen and oxygen atoms in total. The Kier molecular flexibility index (Phi) is 3.88. The minimum absolute atomic E-state index is 0.525. The molecule has 1 saturated heterocycles. The second-order valence-electron chi connectivity index (χ2n) is 5.37. The second kappa shape index (κ2) is 5.39. The predicted molar refractivity (Wildman–Crippen MR) is 74.6 cm³/mol. The van der Waals surface area contributed by atoms with Gasteiger partial charge in [-0.1, -0.05) is 50.8 Å². The molecule has 0 aromatic rings. The minimum atomic E-state index is 0.525. The summed E-state index contributed by atoms with van der Waals surface area (Å²) in [6, 6.07) is 0. The fraction of sp³-hybridized carbons (Fsp3) is 0.500. The molecule has 1 heterocycles. The van der Waals surface area contributed by atoms with Gasteiger partial charge in [-0.25, -0.2) is 0 Å². The predicted octanol–water partition coefficient (Wildman–Crippen LogP) is 3.92. The molecule has 2 atom stereocenters. The zero-order chi connectivity index (χ0) is 12.3. The van der Waals surface area contributed by atoms with Crippen LogP contribution in [-0.4, -0.2) is 18.0 Å². The summed E-state index contributed by atoms with van der Waals surface area (Å²) in [7, 11) is 0. The normalized spacial score (nSPS) is 28.8. The Hall–Kier alpha value is -1.24. The van der Waals surface area contributed by atoms with Crippen LogP contribution in [0.3, 0.4) is 0 Å². The Bertz CT molecular complexity index is 373. The average Bonchev–Trinajstić information content (AvgIpc) is 2.53. The number of rotatable bonds is 2. The van der Waals surface area contributed by atoms with Gasteiger partial charge in [-0.2, -0.15) is 0 Å². The second-order valence-corrected chi connectivity index (χ2v) is 5.37. The SMILES string of the molecule is C=C(C1=CC=CC(C)C=C1)N1CCC[C@@H](C)C1. The van der Waals surface area contributed by atoms with E-state index >= 15 is 0 Å². The first-order valence-electron chi connectivity index (χ1n) is 6.67. The zero-order valence-electron chi connectivity index (χ0n) is 11.0. The summed E-state index contributed by atoms with van der Waals surface area (Å²) >= 11 is 0. The Morgan fingerprint density at radius 2 is 2.18 bits per heavy atom. The van der Waals surface area contributed by atoms with E-state index in [1.54, 1.807) is 0 Å². The van der Waals surface area contributed by atoms with E-state index in [0.29, 0.717) is 5.92 Å². The quantitative estimate of drug-likeness (QED) is 0.693. The molecule has 0 saturated carbocycles. The van der Waals surface area contributed by atoms with Crippen molar-refractivity contribution in [3.05, 3.63) is 48.2 Å². The number of allylic oxidation sites excluding steroid dienone is 5. The highest BCUT2D eigenvalue weighted by molar-refractivity contribution is 5.41. The molecule has 2 rings (SSSR count). The fourth-order valence-electron chi connectivity index (χ4n) is 2.52. The number of nitrogens with zero attached hydrogens (tertiary/aromatic N) is 1. The molecule has 0 amide bonds. The molecule has 92 valence electrons. The third kappa shape index (κ3) is 3.12. The maximum Gasteiger partial charge on any atom is 0.0366 e. The lowest BCUT2D eigenvalue weighted by molar-refractivity contribution is 0.234. The lowest BCUT2D eigenvalue weighted by atomic mass is 9.98. The Balaban J connectivity index is 2.07. The largest absolute Gasteiger partial charge is 0.371 e. The molecule has 1 fully saturated rings. The van der Waals surface area contributed by atoms with Crippen LogP contribution in [0, 0.1) is 11.8 Å². The van der Waals surface area contributed by atoms with Crippen molar-refractivity contribution in [1.29, 1.82) is 0 Å². The average molecular weight is 229 g/mol. The first-order valence-corrected chi connectivity index (χ1v) is 6.67. The molecule has 1 aliphatic heterocycles. The highest BCUT2D eigenvalue weighted by Crippen LogP contribution is 2.24. The zero-order valence-corrected chi connectivity index (χ0v) is 11.0. The summed E-state index contributed by atoms with van der Waals surface area (Å²) in [5.74, 6) is 1.32. The van der Waals surface area contributed by atoms with Gasteiger partial charge in [0.25, 0.3) is 0 Å². The van der Waals surface area contributed by atoms with Crippen LogP contribution in [0.15, 0.2) is 48.2 Å². The van der Waals surface area contributed by atoms with Crippen molar-refractivity contribution >= 4 is 0 Å². The molecule has 0 bridgehead atoms. The monoisotopic (exact) mass is 229 g/mol. The highest BCUT2D eigenvalue weighted by Gasteiger charge is 2.18. The van der Waals surface area contributed by atoms with Gasteiger partial charge in [-0.15, -0.1) is 0 Å². The lowest BCUT2D eigenvalue weighted by Gasteiger charge is -2.34. The number of hydrogen-bond donors (Lipinski definition) is 0. The van der Waals surface area contributed by atoms with Gasteiger partial charge in [-0.05, 0) is 30.3 Å². The smallest absolute Gasteiger partial charge is 0.0366 e. The number of likely N-dealkylation sites (tertiary alicyclic amines) is 1. The fourth-order valence-corrected chi connectivity index (χ4v) is 2.52. The Labute approximate surface area is 105 Å². The Morgan fingerprint density at radius 1 is 1.35 bits per heavy atom. The third-order valence-electron chi connectivity index (χ3n) is 3.64. The molecule has 17 heavy (non-hydrogen) atoms. The summed E-state index contributed by atoms with van der Waals surface area (Å²) in [4.78, 5) is 2.44. The van der Waals surface area contributed by atoms with E-state index in [1.165, 1.54) is 24.1 Å². The van der Waals surface area contributed by atoms with E-state index in [2.05, 4.69) is 55.7 Å². The van der Waals surface area contributed by atoms with Gasteiger partial charge in [0.15, 0.2) is 0 Å². The topological polar surface area (TPSA) is 3.24 Å². The van der Waals surface area contributed by atoms with Gasteiger partial charge >= 0.3 is 0 Å². The van der Waals surface area contributed by atoms with Crippen molar-refractivity contribution < 1.29 is 0 Å². The van der Waals surface area contributed by atoms with Crippen molar-refractivity contribution in [1.82, 2.24) is 4.90 Å². The van der Waals surface area contributed by atoms with Crippen LogP contribution in [-0.2, 0) is 0 Å². The van der Waals surface area contributed by atoms with Crippen molar-refractivity contribution in [2.75, 3.05) is 13.1 Å². The van der Waals surface area contributed by atoms with E-state index in [9.17, 15) is 0 Å². The van der Waals surface area contributed by atoms with Crippen LogP contribution in [0.25, 0.3) is 0 Å². The molecule has 0 radical (unpaired) electrons. The van der Waals surface area contributed by atoms with Gasteiger partial charge in [0.1, 0.15) is 0 Å². The van der Waals surface area contributed by atoms with Crippen molar-refractivity contribution in [2.45, 2.75) is 26.7 Å². The van der Waals surface area contributed by atoms with Gasteiger partial charge in [-0.3, -0.25) is 0 Å². The van der Waals surface area contributed by atoms with Crippen LogP contribution in [0.4, 0.5) is 0 Å². The van der Waals surface area contributed by atoms with Crippen LogP contribution >= 0.6 is 0 Å². The van der Waals surface area contributed by atoms with Gasteiger partial charge in [0.2, 0.25) is 0 Å². The summed E-state index contributed by atoms with van der Waals surface area (Å²) in [5, 5.41) is 0. The molecule has 2 aliphatic rings. The first-order chi connectivity index (χ1) is 8.16. The summed E-state index contributed by atoms with van der Waals surface area (Å²) in [5.41, 5.74) is 2.45.